The van der Waals surface area contributed by atoms with Gasteiger partial charge in [0.05, 0.1) is 16.4 Å². The van der Waals surface area contributed by atoms with Gasteiger partial charge in [0.25, 0.3) is 0 Å². The van der Waals surface area contributed by atoms with Gasteiger partial charge < -0.3 is 9.47 Å². The van der Waals surface area contributed by atoms with Crippen LogP contribution in [-0.4, -0.2) is 13.7 Å². The third-order valence-electron chi connectivity index (χ3n) is 2.88. The number of hydrogen-bond acceptors (Lipinski definition) is 2. The first-order valence-electron chi connectivity index (χ1n) is 6.04. The van der Waals surface area contributed by atoms with Crippen LogP contribution in [0.1, 0.15) is 16.0 Å². The van der Waals surface area contributed by atoms with E-state index in [2.05, 4.69) is 36.6 Å². The molecule has 2 aromatic rings. The first-order valence-corrected chi connectivity index (χ1v) is 7.75. The fourth-order valence-electron chi connectivity index (χ4n) is 1.91. The Bertz CT molecular complexity index is 620. The van der Waals surface area contributed by atoms with Gasteiger partial charge in [-0.3, -0.25) is 0 Å². The highest BCUT2D eigenvalue weighted by Gasteiger charge is 2.18. The largest absolute Gasteiger partial charge is 0.496 e. The number of methoxy groups -OCH3 is 1. The second kappa shape index (κ2) is 7.22. The number of rotatable bonds is 5. The summed E-state index contributed by atoms with van der Waals surface area (Å²) in [5.74, 6) is 0.858. The van der Waals surface area contributed by atoms with Gasteiger partial charge in [-0.2, -0.15) is 8.78 Å². The van der Waals surface area contributed by atoms with Gasteiger partial charge in [0.1, 0.15) is 11.5 Å². The van der Waals surface area contributed by atoms with E-state index in [1.54, 1.807) is 25.3 Å². The Balaban J connectivity index is 2.35. The highest BCUT2D eigenvalue weighted by atomic mass is 79.9. The molecular weight excluding hydrogens is 410 g/mol. The van der Waals surface area contributed by atoms with Crippen LogP contribution in [0.4, 0.5) is 8.78 Å². The van der Waals surface area contributed by atoms with Crippen molar-refractivity contribution < 1.29 is 18.3 Å². The number of ether oxygens (including phenoxy) is 2. The second-order valence-electron chi connectivity index (χ2n) is 4.17. The number of para-hydroxylation sites is 1. The zero-order valence-corrected chi connectivity index (χ0v) is 14.2. The van der Waals surface area contributed by atoms with Crippen LogP contribution in [0.25, 0.3) is 0 Å². The summed E-state index contributed by atoms with van der Waals surface area (Å²) in [7, 11) is 1.58. The SMILES string of the molecule is COc1ccc(C(Br)c2ccccc2OC(F)F)cc1Br. The highest BCUT2D eigenvalue weighted by molar-refractivity contribution is 9.10. The summed E-state index contributed by atoms with van der Waals surface area (Å²) in [5.41, 5.74) is 1.53. The topological polar surface area (TPSA) is 18.5 Å². The molecule has 2 aromatic carbocycles. The molecule has 6 heteroatoms. The molecule has 0 fully saturated rings. The van der Waals surface area contributed by atoms with Crippen molar-refractivity contribution >= 4 is 31.9 Å². The lowest BCUT2D eigenvalue weighted by Crippen LogP contribution is -2.05. The van der Waals surface area contributed by atoms with Crippen molar-refractivity contribution in [3.63, 3.8) is 0 Å². The minimum atomic E-state index is -2.85. The maximum absolute atomic E-state index is 12.5. The van der Waals surface area contributed by atoms with Crippen LogP contribution < -0.4 is 9.47 Å². The molecule has 0 radical (unpaired) electrons. The Morgan fingerprint density at radius 2 is 1.76 bits per heavy atom. The molecule has 0 bridgehead atoms. The predicted octanol–water partition coefficient (Wildman–Crippen LogP) is 5.54. The molecule has 0 N–H and O–H groups in total. The molecule has 2 nitrogen and oxygen atoms in total. The first-order chi connectivity index (χ1) is 10.0. The summed E-state index contributed by atoms with van der Waals surface area (Å²) in [4.78, 5) is -0.269. The van der Waals surface area contributed by atoms with Gasteiger partial charge >= 0.3 is 6.61 Å². The van der Waals surface area contributed by atoms with Crippen molar-refractivity contribution in [3.05, 3.63) is 58.1 Å². The second-order valence-corrected chi connectivity index (χ2v) is 5.94. The van der Waals surface area contributed by atoms with Crippen molar-refractivity contribution in [2.75, 3.05) is 7.11 Å². The zero-order valence-electron chi connectivity index (χ0n) is 11.0. The number of alkyl halides is 3. The van der Waals surface area contributed by atoms with E-state index in [9.17, 15) is 8.78 Å². The maximum atomic E-state index is 12.5. The molecule has 0 spiro atoms. The van der Waals surface area contributed by atoms with Crippen LogP contribution in [0.5, 0.6) is 11.5 Å². The molecule has 2 rings (SSSR count). The van der Waals surface area contributed by atoms with E-state index < -0.39 is 6.61 Å². The van der Waals surface area contributed by atoms with E-state index in [1.165, 1.54) is 6.07 Å². The van der Waals surface area contributed by atoms with Gasteiger partial charge in [-0.05, 0) is 39.7 Å². The van der Waals surface area contributed by atoms with E-state index in [4.69, 9.17) is 4.74 Å². The lowest BCUT2D eigenvalue weighted by Gasteiger charge is -2.16. The molecule has 0 aliphatic heterocycles. The van der Waals surface area contributed by atoms with E-state index in [0.717, 1.165) is 10.0 Å². The lowest BCUT2D eigenvalue weighted by molar-refractivity contribution is -0.0503. The normalized spacial score (nSPS) is 12.3. The average Bonchev–Trinajstić information content (AvgIpc) is 2.46. The lowest BCUT2D eigenvalue weighted by atomic mass is 10.0. The molecule has 0 saturated carbocycles. The molecule has 0 aliphatic rings. The van der Waals surface area contributed by atoms with Gasteiger partial charge in [-0.15, -0.1) is 0 Å². The number of halogens is 4. The average molecular weight is 422 g/mol. The van der Waals surface area contributed by atoms with Crippen molar-refractivity contribution in [2.24, 2.45) is 0 Å². The Labute approximate surface area is 138 Å². The zero-order chi connectivity index (χ0) is 15.4. The Morgan fingerprint density at radius 3 is 2.38 bits per heavy atom. The van der Waals surface area contributed by atoms with E-state index in [0.29, 0.717) is 11.3 Å². The van der Waals surface area contributed by atoms with Crippen LogP contribution in [0.2, 0.25) is 0 Å². The van der Waals surface area contributed by atoms with Crippen LogP contribution in [-0.2, 0) is 0 Å². The van der Waals surface area contributed by atoms with Gasteiger partial charge in [0.2, 0.25) is 0 Å². The predicted molar refractivity (Wildman–Crippen MR) is 84.5 cm³/mol. The van der Waals surface area contributed by atoms with Gasteiger partial charge in [0, 0.05) is 5.56 Å². The van der Waals surface area contributed by atoms with Crippen molar-refractivity contribution in [3.8, 4) is 11.5 Å². The Kier molecular flexibility index (Phi) is 5.58. The van der Waals surface area contributed by atoms with Crippen molar-refractivity contribution in [2.45, 2.75) is 11.4 Å². The quantitative estimate of drug-likeness (QED) is 0.589. The third kappa shape index (κ3) is 3.95. The van der Waals surface area contributed by atoms with E-state index in [-0.39, 0.29) is 10.6 Å². The molecule has 0 aliphatic carbocycles. The third-order valence-corrected chi connectivity index (χ3v) is 4.52. The van der Waals surface area contributed by atoms with Crippen LogP contribution in [0, 0.1) is 0 Å². The van der Waals surface area contributed by atoms with Crippen LogP contribution in [0.3, 0.4) is 0 Å². The first kappa shape index (κ1) is 16.2. The minimum absolute atomic E-state index is 0.154. The molecule has 1 atom stereocenters. The minimum Gasteiger partial charge on any atom is -0.496 e. The molecule has 0 saturated heterocycles. The highest BCUT2D eigenvalue weighted by Crippen LogP contribution is 2.39. The Hall–Kier alpha value is -1.14. The summed E-state index contributed by atoms with van der Waals surface area (Å²) in [6.07, 6.45) is 0. The van der Waals surface area contributed by atoms with Gasteiger partial charge in [-0.1, -0.05) is 40.2 Å². The summed E-state index contributed by atoms with van der Waals surface area (Å²) in [6.45, 7) is -2.85. The number of benzene rings is 2. The fraction of sp³-hybridized carbons (Fsp3) is 0.200. The molecule has 21 heavy (non-hydrogen) atoms. The van der Waals surface area contributed by atoms with E-state index >= 15 is 0 Å². The standard InChI is InChI=1S/C15H12Br2F2O2/c1-20-13-7-6-9(8-11(13)16)14(17)10-4-2-3-5-12(10)21-15(18)19/h2-8,14-15H,1H3. The molecular formula is C15H12Br2F2O2. The van der Waals surface area contributed by atoms with Crippen LogP contribution >= 0.6 is 31.9 Å². The number of hydrogen-bond donors (Lipinski definition) is 0. The smallest absolute Gasteiger partial charge is 0.387 e. The maximum Gasteiger partial charge on any atom is 0.387 e. The van der Waals surface area contributed by atoms with Crippen molar-refractivity contribution in [1.82, 2.24) is 0 Å². The molecule has 1 unspecified atom stereocenters. The van der Waals surface area contributed by atoms with E-state index in [1.807, 2.05) is 18.2 Å². The molecule has 0 heterocycles. The van der Waals surface area contributed by atoms with Crippen LogP contribution in [0.15, 0.2) is 46.9 Å². The fourth-order valence-corrected chi connectivity index (χ4v) is 3.13. The monoisotopic (exact) mass is 420 g/mol. The summed E-state index contributed by atoms with van der Waals surface area (Å²) >= 11 is 6.94. The van der Waals surface area contributed by atoms with Gasteiger partial charge in [-0.25, -0.2) is 0 Å². The Morgan fingerprint density at radius 1 is 1.05 bits per heavy atom. The van der Waals surface area contributed by atoms with Gasteiger partial charge in [0.15, 0.2) is 0 Å². The van der Waals surface area contributed by atoms with Crippen molar-refractivity contribution in [1.29, 1.82) is 0 Å². The molecule has 0 aromatic heterocycles. The summed E-state index contributed by atoms with van der Waals surface area (Å²) in [5, 5.41) is 0. The molecule has 112 valence electrons. The summed E-state index contributed by atoms with van der Waals surface area (Å²) in [6, 6.07) is 12.2. The molecule has 0 amide bonds. The summed E-state index contributed by atoms with van der Waals surface area (Å²) < 4.78 is 35.5.